The Balaban J connectivity index is 2.26. The van der Waals surface area contributed by atoms with E-state index in [4.69, 9.17) is 15.2 Å². The lowest BCUT2D eigenvalue weighted by Crippen LogP contribution is -2.00. The Kier molecular flexibility index (Phi) is 4.84. The summed E-state index contributed by atoms with van der Waals surface area (Å²) < 4.78 is 25.6. The molecular weight excluding hydrogens is 325 g/mol. The predicted molar refractivity (Wildman–Crippen MR) is 80.8 cm³/mol. The van der Waals surface area contributed by atoms with Gasteiger partial charge in [0, 0.05) is 16.6 Å². The zero-order chi connectivity index (χ0) is 14.5. The summed E-state index contributed by atoms with van der Waals surface area (Å²) in [5.74, 6) is 0.637. The van der Waals surface area contributed by atoms with Crippen LogP contribution >= 0.6 is 15.9 Å². The van der Waals surface area contributed by atoms with E-state index < -0.39 is 5.82 Å². The first-order chi connectivity index (χ1) is 9.60. The van der Waals surface area contributed by atoms with Crippen molar-refractivity contribution in [1.82, 2.24) is 0 Å². The van der Waals surface area contributed by atoms with Crippen LogP contribution in [0.5, 0.6) is 17.2 Å². The summed E-state index contributed by atoms with van der Waals surface area (Å²) in [5.41, 5.74) is 6.00. The Morgan fingerprint density at radius 2 is 2.00 bits per heavy atom. The quantitative estimate of drug-likeness (QED) is 0.799. The van der Waals surface area contributed by atoms with E-state index in [1.165, 1.54) is 12.1 Å². The maximum atomic E-state index is 13.7. The number of hydrogen-bond acceptors (Lipinski definition) is 3. The number of halogens is 2. The van der Waals surface area contributed by atoms with Crippen LogP contribution in [0, 0.1) is 5.82 Å². The van der Waals surface area contributed by atoms with Gasteiger partial charge in [0.25, 0.3) is 0 Å². The van der Waals surface area contributed by atoms with Gasteiger partial charge in [-0.25, -0.2) is 4.39 Å². The lowest BCUT2D eigenvalue weighted by atomic mass is 10.2. The molecule has 0 saturated carbocycles. The molecule has 0 aliphatic heterocycles. The Morgan fingerprint density at radius 1 is 1.20 bits per heavy atom. The largest absolute Gasteiger partial charge is 0.490 e. The second kappa shape index (κ2) is 6.61. The number of ether oxygens (including phenoxy) is 2. The topological polar surface area (TPSA) is 44.5 Å². The SMILES string of the molecule is CCCOc1cc(Oc2cccc(Br)c2)c(N)cc1F. The summed E-state index contributed by atoms with van der Waals surface area (Å²) in [4.78, 5) is 0. The molecule has 0 radical (unpaired) electrons. The molecule has 2 rings (SSSR count). The van der Waals surface area contributed by atoms with Crippen molar-refractivity contribution in [1.29, 1.82) is 0 Å². The molecule has 0 aliphatic carbocycles. The van der Waals surface area contributed by atoms with E-state index in [0.29, 0.717) is 18.1 Å². The highest BCUT2D eigenvalue weighted by Crippen LogP contribution is 2.34. The van der Waals surface area contributed by atoms with Gasteiger partial charge in [0.15, 0.2) is 17.3 Å². The fourth-order valence-corrected chi connectivity index (χ4v) is 2.00. The second-order valence-electron chi connectivity index (χ2n) is 4.23. The van der Waals surface area contributed by atoms with Crippen molar-refractivity contribution < 1.29 is 13.9 Å². The van der Waals surface area contributed by atoms with Crippen molar-refractivity contribution >= 4 is 21.6 Å². The summed E-state index contributed by atoms with van der Waals surface area (Å²) in [5, 5.41) is 0. The minimum atomic E-state index is -0.488. The highest BCUT2D eigenvalue weighted by molar-refractivity contribution is 9.10. The Hall–Kier alpha value is -1.75. The van der Waals surface area contributed by atoms with E-state index >= 15 is 0 Å². The van der Waals surface area contributed by atoms with Gasteiger partial charge in [-0.2, -0.15) is 0 Å². The van der Waals surface area contributed by atoms with Gasteiger partial charge in [-0.3, -0.25) is 0 Å². The number of hydrogen-bond donors (Lipinski definition) is 1. The van der Waals surface area contributed by atoms with Gasteiger partial charge >= 0.3 is 0 Å². The van der Waals surface area contributed by atoms with Crippen molar-refractivity contribution in [2.75, 3.05) is 12.3 Å². The monoisotopic (exact) mass is 339 g/mol. The third-order valence-corrected chi connectivity index (χ3v) is 3.04. The first-order valence-electron chi connectivity index (χ1n) is 6.25. The van der Waals surface area contributed by atoms with Crippen molar-refractivity contribution in [3.63, 3.8) is 0 Å². The second-order valence-corrected chi connectivity index (χ2v) is 5.14. The predicted octanol–water partition coefficient (Wildman–Crippen LogP) is 4.75. The fraction of sp³-hybridized carbons (Fsp3) is 0.200. The Morgan fingerprint density at radius 3 is 2.70 bits per heavy atom. The molecule has 0 atom stereocenters. The normalized spacial score (nSPS) is 10.3. The summed E-state index contributed by atoms with van der Waals surface area (Å²) in [6.45, 7) is 2.39. The van der Waals surface area contributed by atoms with E-state index in [9.17, 15) is 4.39 Å². The molecule has 0 heterocycles. The van der Waals surface area contributed by atoms with Gasteiger partial charge < -0.3 is 15.2 Å². The van der Waals surface area contributed by atoms with Crippen molar-refractivity contribution in [3.8, 4) is 17.2 Å². The highest BCUT2D eigenvalue weighted by atomic mass is 79.9. The van der Waals surface area contributed by atoms with Gasteiger partial charge in [0.05, 0.1) is 12.3 Å². The van der Waals surface area contributed by atoms with Crippen LogP contribution in [0.15, 0.2) is 40.9 Å². The molecule has 0 fully saturated rings. The van der Waals surface area contributed by atoms with Crippen LogP contribution in [-0.4, -0.2) is 6.61 Å². The average Bonchev–Trinajstić information content (AvgIpc) is 2.40. The van der Waals surface area contributed by atoms with E-state index in [0.717, 1.165) is 10.9 Å². The number of nitrogen functional groups attached to an aromatic ring is 1. The lowest BCUT2D eigenvalue weighted by molar-refractivity contribution is 0.300. The molecule has 0 spiro atoms. The molecule has 20 heavy (non-hydrogen) atoms. The van der Waals surface area contributed by atoms with Gasteiger partial charge in [0.1, 0.15) is 5.75 Å². The van der Waals surface area contributed by atoms with Crippen LogP contribution in [0.3, 0.4) is 0 Å². The van der Waals surface area contributed by atoms with Crippen molar-refractivity contribution in [2.45, 2.75) is 13.3 Å². The van der Waals surface area contributed by atoms with E-state index in [2.05, 4.69) is 15.9 Å². The van der Waals surface area contributed by atoms with Crippen LogP contribution < -0.4 is 15.2 Å². The zero-order valence-corrected chi connectivity index (χ0v) is 12.6. The van der Waals surface area contributed by atoms with Crippen LogP contribution in [0.25, 0.3) is 0 Å². The van der Waals surface area contributed by atoms with Crippen LogP contribution in [0.4, 0.5) is 10.1 Å². The van der Waals surface area contributed by atoms with Crippen molar-refractivity contribution in [3.05, 3.63) is 46.7 Å². The number of anilines is 1. The average molecular weight is 340 g/mol. The van der Waals surface area contributed by atoms with Crippen LogP contribution in [-0.2, 0) is 0 Å². The van der Waals surface area contributed by atoms with E-state index in [1.807, 2.05) is 19.1 Å². The number of nitrogens with two attached hydrogens (primary N) is 1. The highest BCUT2D eigenvalue weighted by Gasteiger charge is 2.11. The summed E-state index contributed by atoms with van der Waals surface area (Å²) in [6.07, 6.45) is 0.797. The lowest BCUT2D eigenvalue weighted by Gasteiger charge is -2.12. The van der Waals surface area contributed by atoms with E-state index in [-0.39, 0.29) is 11.4 Å². The maximum Gasteiger partial charge on any atom is 0.167 e. The molecule has 0 unspecified atom stereocenters. The molecule has 0 saturated heterocycles. The molecule has 106 valence electrons. The molecular formula is C15H15BrFNO2. The molecule has 2 N–H and O–H groups in total. The first kappa shape index (κ1) is 14.7. The smallest absolute Gasteiger partial charge is 0.167 e. The van der Waals surface area contributed by atoms with Gasteiger partial charge in [-0.05, 0) is 24.6 Å². The molecule has 5 heteroatoms. The molecule has 3 nitrogen and oxygen atoms in total. The summed E-state index contributed by atoms with van der Waals surface area (Å²) in [6, 6.07) is 10.00. The minimum absolute atomic E-state index is 0.144. The van der Waals surface area contributed by atoms with Gasteiger partial charge in [-0.15, -0.1) is 0 Å². The maximum absolute atomic E-state index is 13.7. The van der Waals surface area contributed by atoms with Gasteiger partial charge in [-0.1, -0.05) is 28.9 Å². The molecule has 2 aromatic carbocycles. The third kappa shape index (κ3) is 3.63. The Labute approximate surface area is 125 Å². The molecule has 0 aliphatic rings. The standard InChI is InChI=1S/C15H15BrFNO2/c1-2-6-19-14-9-15(13(18)8-12(14)17)20-11-5-3-4-10(16)7-11/h3-5,7-9H,2,6,18H2,1H3. The molecule has 0 bridgehead atoms. The fourth-order valence-electron chi connectivity index (χ4n) is 1.62. The Bertz CT molecular complexity index is 604. The minimum Gasteiger partial charge on any atom is -0.490 e. The first-order valence-corrected chi connectivity index (χ1v) is 7.04. The molecule has 0 aromatic heterocycles. The summed E-state index contributed by atoms with van der Waals surface area (Å²) in [7, 11) is 0. The molecule has 2 aromatic rings. The van der Waals surface area contributed by atoms with Crippen LogP contribution in [0.1, 0.15) is 13.3 Å². The number of benzene rings is 2. The van der Waals surface area contributed by atoms with Gasteiger partial charge in [0.2, 0.25) is 0 Å². The zero-order valence-electron chi connectivity index (χ0n) is 11.0. The van der Waals surface area contributed by atoms with Crippen molar-refractivity contribution in [2.24, 2.45) is 0 Å². The van der Waals surface area contributed by atoms with E-state index in [1.54, 1.807) is 12.1 Å². The van der Waals surface area contributed by atoms with Crippen LogP contribution in [0.2, 0.25) is 0 Å². The summed E-state index contributed by atoms with van der Waals surface area (Å²) >= 11 is 3.36. The molecule has 0 amide bonds. The third-order valence-electron chi connectivity index (χ3n) is 2.55. The number of rotatable bonds is 5.